The van der Waals surface area contributed by atoms with Crippen molar-refractivity contribution in [2.24, 2.45) is 5.73 Å². The predicted octanol–water partition coefficient (Wildman–Crippen LogP) is 5.16. The van der Waals surface area contributed by atoms with Crippen LogP contribution in [0.15, 0.2) is 12.1 Å². The highest BCUT2D eigenvalue weighted by Gasteiger charge is 2.22. The van der Waals surface area contributed by atoms with Crippen molar-refractivity contribution >= 4 is 11.9 Å². The van der Waals surface area contributed by atoms with E-state index in [1.807, 2.05) is 0 Å². The molecule has 0 radical (unpaired) electrons. The van der Waals surface area contributed by atoms with Crippen LogP contribution in [0.5, 0.6) is 17.2 Å². The highest BCUT2D eigenvalue weighted by Crippen LogP contribution is 2.37. The molecule has 1 aromatic carbocycles. The molecule has 8 nitrogen and oxygen atoms in total. The Morgan fingerprint density at radius 3 is 1.85 bits per heavy atom. The van der Waals surface area contributed by atoms with E-state index in [-0.39, 0.29) is 18.4 Å². The lowest BCUT2D eigenvalue weighted by Crippen LogP contribution is -2.34. The van der Waals surface area contributed by atoms with Gasteiger partial charge in [0.05, 0.1) is 6.42 Å². The van der Waals surface area contributed by atoms with Crippen LogP contribution in [0.1, 0.15) is 102 Å². The Hall–Kier alpha value is -2.48. The van der Waals surface area contributed by atoms with Crippen molar-refractivity contribution < 1.29 is 34.7 Å². The molecule has 0 heterocycles. The van der Waals surface area contributed by atoms with Gasteiger partial charge in [0.15, 0.2) is 11.5 Å². The lowest BCUT2D eigenvalue weighted by Gasteiger charge is -2.12. The Bertz CT molecular complexity index is 708. The van der Waals surface area contributed by atoms with Crippen LogP contribution >= 0.6 is 0 Å². The molecule has 0 bridgehead atoms. The smallest absolute Gasteiger partial charge is 0.372 e. The number of unbranched alkanes of at least 4 members (excludes halogenated alkanes) is 12. The number of phenolic OH excluding ortho intramolecular Hbond substituents is 3. The summed E-state index contributed by atoms with van der Waals surface area (Å²) >= 11 is 0. The van der Waals surface area contributed by atoms with Crippen molar-refractivity contribution in [3.63, 3.8) is 0 Å². The van der Waals surface area contributed by atoms with Gasteiger partial charge in [-0.2, -0.15) is 0 Å². The fourth-order valence-corrected chi connectivity index (χ4v) is 3.57. The minimum absolute atomic E-state index is 0.146. The van der Waals surface area contributed by atoms with Crippen molar-refractivity contribution in [1.29, 1.82) is 0 Å². The minimum atomic E-state index is -1.22. The van der Waals surface area contributed by atoms with E-state index in [0.717, 1.165) is 25.3 Å². The third kappa shape index (κ3) is 12.4. The second kappa shape index (κ2) is 17.1. The number of aromatic hydroxyl groups is 3. The number of nitrogens with two attached hydrogens (primary N) is 1. The van der Waals surface area contributed by atoms with Gasteiger partial charge < -0.3 is 21.1 Å². The molecule has 5 N–H and O–H groups in total. The molecule has 1 unspecified atom stereocenters. The van der Waals surface area contributed by atoms with Gasteiger partial charge in [-0.15, -0.1) is 0 Å². The Kier molecular flexibility index (Phi) is 14.8. The molecule has 0 saturated carbocycles. The highest BCUT2D eigenvalue weighted by atomic mass is 17.2. The zero-order valence-corrected chi connectivity index (χ0v) is 19.9. The second-order valence-electron chi connectivity index (χ2n) is 8.60. The third-order valence-corrected chi connectivity index (χ3v) is 5.66. The summed E-state index contributed by atoms with van der Waals surface area (Å²) in [6, 6.07) is 1.26. The number of carbonyl (C=O) groups is 2. The molecular weight excluding hydrogens is 426 g/mol. The Morgan fingerprint density at radius 1 is 0.788 bits per heavy atom. The predicted molar refractivity (Wildman–Crippen MR) is 126 cm³/mol. The number of hydrogen-bond donors (Lipinski definition) is 4. The molecule has 1 atom stereocenters. The summed E-state index contributed by atoms with van der Waals surface area (Å²) in [6.45, 7) is 2.23. The molecule has 8 heteroatoms. The number of hydrogen-bond acceptors (Lipinski definition) is 8. The highest BCUT2D eigenvalue weighted by molar-refractivity contribution is 5.77. The zero-order chi connectivity index (χ0) is 24.5. The van der Waals surface area contributed by atoms with Crippen LogP contribution in [0.4, 0.5) is 0 Å². The van der Waals surface area contributed by atoms with Gasteiger partial charge in [-0.25, -0.2) is 19.4 Å². The van der Waals surface area contributed by atoms with Gasteiger partial charge in [0.25, 0.3) is 0 Å². The van der Waals surface area contributed by atoms with Crippen molar-refractivity contribution in [3.05, 3.63) is 17.7 Å². The molecule has 0 spiro atoms. The summed E-state index contributed by atoms with van der Waals surface area (Å²) < 4.78 is 0. The number of rotatable bonds is 17. The molecule has 33 heavy (non-hydrogen) atoms. The normalized spacial score (nSPS) is 11.8. The number of carbonyl (C=O) groups excluding carboxylic acids is 2. The number of benzene rings is 1. The van der Waals surface area contributed by atoms with Crippen molar-refractivity contribution in [2.75, 3.05) is 0 Å². The van der Waals surface area contributed by atoms with Gasteiger partial charge in [0.2, 0.25) is 5.75 Å². The molecular formula is C25H41NO7. The van der Waals surface area contributed by atoms with Crippen molar-refractivity contribution in [3.8, 4) is 17.2 Å². The van der Waals surface area contributed by atoms with E-state index in [9.17, 15) is 24.9 Å². The van der Waals surface area contributed by atoms with Crippen LogP contribution in [0, 0.1) is 0 Å². The first kappa shape index (κ1) is 28.6. The van der Waals surface area contributed by atoms with Crippen LogP contribution in [0.3, 0.4) is 0 Å². The standard InChI is InChI=1S/C25H41NO7/c1-2-3-4-5-6-7-8-9-10-11-12-13-14-15-22(28)32-33-25(31)20(26)18-19-16-17-21(27)24(30)23(19)29/h16-17,20,27,29-30H,2-15,18,26H2,1H3. The summed E-state index contributed by atoms with van der Waals surface area (Å²) in [5.74, 6) is -3.37. The lowest BCUT2D eigenvalue weighted by molar-refractivity contribution is -0.260. The Morgan fingerprint density at radius 2 is 1.30 bits per heavy atom. The molecule has 0 fully saturated rings. The van der Waals surface area contributed by atoms with Crippen molar-refractivity contribution in [2.45, 2.75) is 109 Å². The molecule has 0 aliphatic carbocycles. The summed E-state index contributed by atoms with van der Waals surface area (Å²) in [5, 5.41) is 28.6. The molecule has 0 saturated heterocycles. The maximum absolute atomic E-state index is 11.9. The van der Waals surface area contributed by atoms with E-state index in [1.165, 1.54) is 63.9 Å². The third-order valence-electron chi connectivity index (χ3n) is 5.66. The first-order chi connectivity index (χ1) is 15.9. The Balaban J connectivity index is 2.05. The minimum Gasteiger partial charge on any atom is -0.504 e. The van der Waals surface area contributed by atoms with E-state index in [1.54, 1.807) is 0 Å². The van der Waals surface area contributed by atoms with Crippen LogP contribution in [0.25, 0.3) is 0 Å². The summed E-state index contributed by atoms with van der Waals surface area (Å²) in [6.07, 6.45) is 15.6. The molecule has 0 aliphatic rings. The van der Waals surface area contributed by atoms with Gasteiger partial charge in [-0.3, -0.25) is 0 Å². The van der Waals surface area contributed by atoms with E-state index in [0.29, 0.717) is 6.42 Å². The summed E-state index contributed by atoms with van der Waals surface area (Å²) in [4.78, 5) is 32.6. The molecule has 0 amide bonds. The maximum Gasteiger partial charge on any atom is 0.372 e. The number of phenols is 3. The topological polar surface area (TPSA) is 139 Å². The van der Waals surface area contributed by atoms with Crippen LogP contribution in [-0.4, -0.2) is 33.3 Å². The van der Waals surface area contributed by atoms with Gasteiger partial charge in [0.1, 0.15) is 6.04 Å². The van der Waals surface area contributed by atoms with Crippen LogP contribution in [-0.2, 0) is 25.8 Å². The lowest BCUT2D eigenvalue weighted by atomic mass is 10.0. The Labute approximate surface area is 197 Å². The van der Waals surface area contributed by atoms with E-state index in [2.05, 4.69) is 16.7 Å². The second-order valence-corrected chi connectivity index (χ2v) is 8.60. The molecule has 188 valence electrons. The van der Waals surface area contributed by atoms with Gasteiger partial charge >= 0.3 is 11.9 Å². The molecule has 0 aliphatic heterocycles. The van der Waals surface area contributed by atoms with Crippen molar-refractivity contribution in [1.82, 2.24) is 0 Å². The first-order valence-electron chi connectivity index (χ1n) is 12.3. The monoisotopic (exact) mass is 467 g/mol. The molecule has 1 aromatic rings. The zero-order valence-electron chi connectivity index (χ0n) is 19.9. The summed E-state index contributed by atoms with van der Waals surface area (Å²) in [7, 11) is 0. The molecule has 1 rings (SSSR count). The van der Waals surface area contributed by atoms with E-state index >= 15 is 0 Å². The average molecular weight is 468 g/mol. The van der Waals surface area contributed by atoms with E-state index in [4.69, 9.17) is 5.73 Å². The quantitative estimate of drug-likeness (QED) is 0.107. The van der Waals surface area contributed by atoms with Gasteiger partial charge in [-0.1, -0.05) is 90.0 Å². The van der Waals surface area contributed by atoms with Crippen LogP contribution < -0.4 is 5.73 Å². The van der Waals surface area contributed by atoms with E-state index < -0.39 is 35.2 Å². The van der Waals surface area contributed by atoms with Crippen LogP contribution in [0.2, 0.25) is 0 Å². The first-order valence-corrected chi connectivity index (χ1v) is 12.3. The average Bonchev–Trinajstić information content (AvgIpc) is 2.80. The molecule has 0 aromatic heterocycles. The van der Waals surface area contributed by atoms with Gasteiger partial charge in [-0.05, 0) is 12.5 Å². The fraction of sp³-hybridized carbons (Fsp3) is 0.680. The fourth-order valence-electron chi connectivity index (χ4n) is 3.57. The maximum atomic E-state index is 11.9. The SMILES string of the molecule is CCCCCCCCCCCCCCCC(=O)OOC(=O)C(N)Cc1ccc(O)c(O)c1O. The summed E-state index contributed by atoms with van der Waals surface area (Å²) in [5.41, 5.74) is 5.84. The largest absolute Gasteiger partial charge is 0.504 e. The van der Waals surface area contributed by atoms with Gasteiger partial charge in [0, 0.05) is 12.0 Å².